The molecule has 2 N–H and O–H groups in total. The van der Waals surface area contributed by atoms with E-state index in [1.165, 1.54) is 0 Å². The van der Waals surface area contributed by atoms with E-state index < -0.39 is 0 Å². The molecule has 0 radical (unpaired) electrons. The minimum Gasteiger partial charge on any atom is -0.366 e. The Morgan fingerprint density at radius 1 is 1.10 bits per heavy atom. The molecule has 1 aromatic carbocycles. The summed E-state index contributed by atoms with van der Waals surface area (Å²) < 4.78 is 4.76. The Bertz CT molecular complexity index is 1270. The highest BCUT2D eigenvalue weighted by Crippen LogP contribution is 2.27. The Balaban J connectivity index is 1.39. The van der Waals surface area contributed by atoms with E-state index in [2.05, 4.69) is 76.2 Å². The maximum atomic E-state index is 4.47. The molecule has 29 heavy (non-hydrogen) atoms. The monoisotopic (exact) mass is 449 g/mol. The number of nitrogens with zero attached hydrogens (tertiary/aromatic N) is 7. The van der Waals surface area contributed by atoms with Crippen LogP contribution >= 0.6 is 15.9 Å². The maximum Gasteiger partial charge on any atom is 0.196 e. The molecule has 5 rings (SSSR count). The standard InChI is InChI=1S/C19H16BrN9/c1-12-10-18(29-17(23-12)8-9-22-29)21-11-13-2-4-14(5-3-13)28-15(6-7-16(28)20)19-24-26-27-25-19/h2-10,21H,11H2,1H3,(H,24,25,26,27). The van der Waals surface area contributed by atoms with Crippen LogP contribution in [0.4, 0.5) is 5.82 Å². The van der Waals surface area contributed by atoms with Gasteiger partial charge in [-0.2, -0.15) is 9.61 Å². The number of anilines is 1. The number of nitrogens with one attached hydrogen (secondary N) is 2. The fourth-order valence-electron chi connectivity index (χ4n) is 3.25. The van der Waals surface area contributed by atoms with Crippen molar-refractivity contribution < 1.29 is 0 Å². The molecular formula is C19H16BrN9. The van der Waals surface area contributed by atoms with Gasteiger partial charge < -0.3 is 9.88 Å². The fraction of sp³-hybridized carbons (Fsp3) is 0.105. The largest absolute Gasteiger partial charge is 0.366 e. The summed E-state index contributed by atoms with van der Waals surface area (Å²) in [5.74, 6) is 1.52. The van der Waals surface area contributed by atoms with Crippen molar-refractivity contribution >= 4 is 27.4 Å². The first-order chi connectivity index (χ1) is 14.2. The summed E-state index contributed by atoms with van der Waals surface area (Å²) in [5, 5.41) is 21.9. The first kappa shape index (κ1) is 17.6. The predicted molar refractivity (Wildman–Crippen MR) is 112 cm³/mol. The minimum absolute atomic E-state index is 0.609. The van der Waals surface area contributed by atoms with Gasteiger partial charge in [-0.05, 0) is 63.1 Å². The van der Waals surface area contributed by atoms with Crippen LogP contribution < -0.4 is 5.32 Å². The van der Waals surface area contributed by atoms with E-state index >= 15 is 0 Å². The number of aromatic nitrogens is 8. The van der Waals surface area contributed by atoms with Gasteiger partial charge in [0.25, 0.3) is 0 Å². The van der Waals surface area contributed by atoms with Gasteiger partial charge >= 0.3 is 0 Å². The van der Waals surface area contributed by atoms with E-state index in [1.807, 2.05) is 35.8 Å². The zero-order valence-electron chi connectivity index (χ0n) is 15.4. The van der Waals surface area contributed by atoms with Crippen molar-refractivity contribution in [3.8, 4) is 17.2 Å². The Morgan fingerprint density at radius 3 is 2.76 bits per heavy atom. The third kappa shape index (κ3) is 3.27. The molecule has 0 amide bonds. The van der Waals surface area contributed by atoms with Gasteiger partial charge in [0.1, 0.15) is 5.82 Å². The molecule has 0 unspecified atom stereocenters. The summed E-state index contributed by atoms with van der Waals surface area (Å²) in [6.07, 6.45) is 1.75. The average molecular weight is 450 g/mol. The summed E-state index contributed by atoms with van der Waals surface area (Å²) in [6.45, 7) is 2.65. The maximum absolute atomic E-state index is 4.47. The van der Waals surface area contributed by atoms with Gasteiger partial charge in [-0.25, -0.2) is 10.1 Å². The van der Waals surface area contributed by atoms with E-state index in [9.17, 15) is 0 Å². The van der Waals surface area contributed by atoms with Gasteiger partial charge in [-0.15, -0.1) is 5.10 Å². The lowest BCUT2D eigenvalue weighted by Gasteiger charge is -2.12. The molecule has 144 valence electrons. The molecule has 4 heterocycles. The van der Waals surface area contributed by atoms with Crippen molar-refractivity contribution in [1.29, 1.82) is 0 Å². The summed E-state index contributed by atoms with van der Waals surface area (Å²) in [7, 11) is 0. The van der Waals surface area contributed by atoms with Crippen molar-refractivity contribution in [1.82, 2.24) is 39.8 Å². The number of fused-ring (bicyclic) bond motifs is 1. The Labute approximate surface area is 173 Å². The van der Waals surface area contributed by atoms with E-state index in [0.717, 1.165) is 38.7 Å². The number of hydrogen-bond donors (Lipinski definition) is 2. The molecule has 0 aliphatic heterocycles. The van der Waals surface area contributed by atoms with Crippen LogP contribution in [0.2, 0.25) is 0 Å². The lowest BCUT2D eigenvalue weighted by molar-refractivity contribution is 0.881. The van der Waals surface area contributed by atoms with Gasteiger partial charge in [0.15, 0.2) is 11.5 Å². The van der Waals surface area contributed by atoms with Gasteiger partial charge in [0.05, 0.1) is 16.5 Å². The smallest absolute Gasteiger partial charge is 0.196 e. The van der Waals surface area contributed by atoms with Crippen LogP contribution in [0.5, 0.6) is 0 Å². The van der Waals surface area contributed by atoms with E-state index in [-0.39, 0.29) is 0 Å². The topological polar surface area (TPSA) is 102 Å². The lowest BCUT2D eigenvalue weighted by atomic mass is 10.2. The molecule has 9 nitrogen and oxygen atoms in total. The number of aromatic amines is 1. The van der Waals surface area contributed by atoms with Crippen molar-refractivity contribution in [2.45, 2.75) is 13.5 Å². The van der Waals surface area contributed by atoms with Crippen LogP contribution in [0.1, 0.15) is 11.3 Å². The third-order valence-electron chi connectivity index (χ3n) is 4.58. The quantitative estimate of drug-likeness (QED) is 0.426. The number of rotatable bonds is 5. The Hall–Kier alpha value is -3.53. The van der Waals surface area contributed by atoms with E-state index in [1.54, 1.807) is 10.7 Å². The summed E-state index contributed by atoms with van der Waals surface area (Å²) in [4.78, 5) is 4.47. The van der Waals surface area contributed by atoms with Crippen LogP contribution in [-0.2, 0) is 6.54 Å². The number of halogens is 1. The Kier molecular flexibility index (Phi) is 4.32. The van der Waals surface area contributed by atoms with Gasteiger partial charge in [0, 0.05) is 30.1 Å². The molecule has 0 aliphatic carbocycles. The fourth-order valence-corrected chi connectivity index (χ4v) is 3.77. The minimum atomic E-state index is 0.609. The van der Waals surface area contributed by atoms with Crippen LogP contribution in [0.15, 0.2) is 59.3 Å². The molecule has 5 aromatic rings. The zero-order chi connectivity index (χ0) is 19.8. The Morgan fingerprint density at radius 2 is 1.97 bits per heavy atom. The van der Waals surface area contributed by atoms with Crippen molar-refractivity contribution in [3.63, 3.8) is 0 Å². The molecule has 0 fully saturated rings. The molecule has 0 aliphatic rings. The van der Waals surface area contributed by atoms with Crippen molar-refractivity contribution in [2.24, 2.45) is 0 Å². The first-order valence-electron chi connectivity index (χ1n) is 8.95. The molecule has 4 aromatic heterocycles. The van der Waals surface area contributed by atoms with Gasteiger partial charge in [-0.3, -0.25) is 0 Å². The second-order valence-corrected chi connectivity index (χ2v) is 7.34. The van der Waals surface area contributed by atoms with Crippen LogP contribution in [0.25, 0.3) is 22.9 Å². The predicted octanol–water partition coefficient (Wildman–Crippen LogP) is 3.38. The zero-order valence-corrected chi connectivity index (χ0v) is 17.0. The summed E-state index contributed by atoms with van der Waals surface area (Å²) in [6, 6.07) is 16.1. The molecule has 0 spiro atoms. The summed E-state index contributed by atoms with van der Waals surface area (Å²) in [5.41, 5.74) is 4.81. The second kappa shape index (κ2) is 7.13. The normalized spacial score (nSPS) is 11.2. The third-order valence-corrected chi connectivity index (χ3v) is 5.20. The molecule has 0 atom stereocenters. The average Bonchev–Trinajstić information content (AvgIpc) is 3.47. The lowest BCUT2D eigenvalue weighted by Crippen LogP contribution is -2.07. The van der Waals surface area contributed by atoms with E-state index in [4.69, 9.17) is 0 Å². The van der Waals surface area contributed by atoms with Crippen LogP contribution in [0, 0.1) is 6.92 Å². The van der Waals surface area contributed by atoms with Gasteiger partial charge in [0.2, 0.25) is 0 Å². The number of aryl methyl sites for hydroxylation is 1. The van der Waals surface area contributed by atoms with Crippen LogP contribution in [-0.4, -0.2) is 39.8 Å². The van der Waals surface area contributed by atoms with Crippen molar-refractivity contribution in [3.05, 3.63) is 70.6 Å². The van der Waals surface area contributed by atoms with Crippen LogP contribution in [0.3, 0.4) is 0 Å². The molecule has 0 bridgehead atoms. The van der Waals surface area contributed by atoms with Crippen molar-refractivity contribution in [2.75, 3.05) is 5.32 Å². The molecule has 10 heteroatoms. The number of tetrazole rings is 1. The molecular weight excluding hydrogens is 434 g/mol. The molecule has 0 saturated carbocycles. The second-order valence-electron chi connectivity index (χ2n) is 6.53. The first-order valence-corrected chi connectivity index (χ1v) is 9.74. The summed E-state index contributed by atoms with van der Waals surface area (Å²) >= 11 is 3.60. The highest BCUT2D eigenvalue weighted by molar-refractivity contribution is 9.10. The molecule has 0 saturated heterocycles. The number of hydrogen-bond acceptors (Lipinski definition) is 6. The highest BCUT2D eigenvalue weighted by atomic mass is 79.9. The highest BCUT2D eigenvalue weighted by Gasteiger charge is 2.13. The van der Waals surface area contributed by atoms with Gasteiger partial charge in [-0.1, -0.05) is 12.1 Å². The number of H-pyrrole nitrogens is 1. The number of benzene rings is 1. The van der Waals surface area contributed by atoms with E-state index in [0.29, 0.717) is 12.4 Å². The SMILES string of the molecule is Cc1cc(NCc2ccc(-n3c(Br)ccc3-c3nnn[nH]3)cc2)n2nccc2n1.